The number of rotatable bonds is 8. The van der Waals surface area contributed by atoms with Gasteiger partial charge in [-0.1, -0.05) is 0 Å². The quantitative estimate of drug-likeness (QED) is 0.754. The van der Waals surface area contributed by atoms with E-state index in [9.17, 15) is 9.90 Å². The van der Waals surface area contributed by atoms with Gasteiger partial charge in [-0.3, -0.25) is 4.79 Å². The first kappa shape index (κ1) is 14.7. The van der Waals surface area contributed by atoms with Crippen molar-refractivity contribution >= 4 is 5.91 Å². The lowest BCUT2D eigenvalue weighted by Crippen LogP contribution is -2.33. The molecular formula is C15H21NO4. The van der Waals surface area contributed by atoms with Crippen molar-refractivity contribution in [2.45, 2.75) is 25.4 Å². The summed E-state index contributed by atoms with van der Waals surface area (Å²) in [6.45, 7) is 0.656. The molecule has 2 rings (SSSR count). The predicted molar refractivity (Wildman–Crippen MR) is 74.8 cm³/mol. The first-order valence-electron chi connectivity index (χ1n) is 6.90. The Kier molecular flexibility index (Phi) is 5.24. The van der Waals surface area contributed by atoms with Crippen LogP contribution in [0.25, 0.3) is 0 Å². The maximum atomic E-state index is 11.6. The van der Waals surface area contributed by atoms with Gasteiger partial charge in [-0.25, -0.2) is 0 Å². The Labute approximate surface area is 118 Å². The zero-order valence-electron chi connectivity index (χ0n) is 11.7. The number of carbonyl (C=O) groups excluding carboxylic acids is 1. The van der Waals surface area contributed by atoms with E-state index in [-0.39, 0.29) is 12.3 Å². The van der Waals surface area contributed by atoms with Gasteiger partial charge in [-0.05, 0) is 43.0 Å². The maximum absolute atomic E-state index is 11.6. The number of hydrogen-bond acceptors (Lipinski definition) is 4. The van der Waals surface area contributed by atoms with Crippen molar-refractivity contribution in [2.75, 3.05) is 20.3 Å². The van der Waals surface area contributed by atoms with Crippen LogP contribution in [0.3, 0.4) is 0 Å². The Bertz CT molecular complexity index is 428. The summed E-state index contributed by atoms with van der Waals surface area (Å²) in [6.07, 6.45) is 2.01. The average Bonchev–Trinajstić information content (AvgIpc) is 3.30. The minimum Gasteiger partial charge on any atom is -0.497 e. The van der Waals surface area contributed by atoms with E-state index >= 15 is 0 Å². The second-order valence-electron chi connectivity index (χ2n) is 4.98. The van der Waals surface area contributed by atoms with Crippen molar-refractivity contribution < 1.29 is 19.4 Å². The highest BCUT2D eigenvalue weighted by molar-refractivity contribution is 5.76. The zero-order chi connectivity index (χ0) is 14.4. The molecule has 0 bridgehead atoms. The van der Waals surface area contributed by atoms with Crippen LogP contribution in [-0.4, -0.2) is 37.4 Å². The predicted octanol–water partition coefficient (Wildman–Crippen LogP) is 1.35. The molecule has 1 amide bonds. The minimum atomic E-state index is -0.401. The molecule has 20 heavy (non-hydrogen) atoms. The molecule has 1 aromatic rings. The Morgan fingerprint density at radius 1 is 1.35 bits per heavy atom. The summed E-state index contributed by atoms with van der Waals surface area (Å²) in [5, 5.41) is 12.4. The van der Waals surface area contributed by atoms with Crippen LogP contribution in [-0.2, 0) is 4.79 Å². The van der Waals surface area contributed by atoms with Crippen molar-refractivity contribution in [3.63, 3.8) is 0 Å². The fraction of sp³-hybridized carbons (Fsp3) is 0.533. The Morgan fingerprint density at radius 2 is 2.00 bits per heavy atom. The number of aliphatic hydroxyl groups excluding tert-OH is 1. The van der Waals surface area contributed by atoms with Crippen molar-refractivity contribution in [1.29, 1.82) is 0 Å². The van der Waals surface area contributed by atoms with Gasteiger partial charge in [-0.2, -0.15) is 0 Å². The van der Waals surface area contributed by atoms with Gasteiger partial charge in [0, 0.05) is 6.54 Å². The molecule has 0 aliphatic heterocycles. The summed E-state index contributed by atoms with van der Waals surface area (Å²) in [5.74, 6) is 1.75. The van der Waals surface area contributed by atoms with E-state index in [4.69, 9.17) is 9.47 Å². The van der Waals surface area contributed by atoms with Crippen LogP contribution in [0.2, 0.25) is 0 Å². The molecule has 1 fully saturated rings. The smallest absolute Gasteiger partial charge is 0.223 e. The molecule has 5 heteroatoms. The molecule has 2 N–H and O–H groups in total. The third kappa shape index (κ3) is 4.74. The zero-order valence-corrected chi connectivity index (χ0v) is 11.7. The fourth-order valence-corrected chi connectivity index (χ4v) is 1.89. The Morgan fingerprint density at radius 3 is 2.60 bits per heavy atom. The highest BCUT2D eigenvalue weighted by Crippen LogP contribution is 2.32. The van der Waals surface area contributed by atoms with Gasteiger partial charge in [0.2, 0.25) is 5.91 Å². The van der Waals surface area contributed by atoms with Crippen LogP contribution in [0, 0.1) is 5.92 Å². The molecule has 0 spiro atoms. The molecule has 0 heterocycles. The number of nitrogens with one attached hydrogen (secondary N) is 1. The van der Waals surface area contributed by atoms with Crippen LogP contribution in [0.15, 0.2) is 24.3 Å². The Balaban J connectivity index is 1.60. The molecular weight excluding hydrogens is 258 g/mol. The molecule has 1 aliphatic rings. The fourth-order valence-electron chi connectivity index (χ4n) is 1.89. The second kappa shape index (κ2) is 7.14. The van der Waals surface area contributed by atoms with Crippen molar-refractivity contribution in [3.8, 4) is 11.5 Å². The standard InChI is InChI=1S/C15H21NO4/c1-19-12-4-6-13(7-5-12)20-9-8-15(18)16-10-14(17)11-2-3-11/h4-7,11,14,17H,2-3,8-10H2,1H3,(H,16,18). The van der Waals surface area contributed by atoms with Gasteiger partial charge in [0.15, 0.2) is 0 Å². The summed E-state index contributed by atoms with van der Waals surface area (Å²) in [4.78, 5) is 11.6. The molecule has 0 aromatic heterocycles. The highest BCUT2D eigenvalue weighted by atomic mass is 16.5. The van der Waals surface area contributed by atoms with E-state index < -0.39 is 6.10 Å². The molecule has 0 saturated heterocycles. The molecule has 1 unspecified atom stereocenters. The van der Waals surface area contributed by atoms with E-state index in [0.717, 1.165) is 18.6 Å². The van der Waals surface area contributed by atoms with E-state index in [2.05, 4.69) is 5.32 Å². The van der Waals surface area contributed by atoms with Crippen molar-refractivity contribution in [3.05, 3.63) is 24.3 Å². The first-order valence-corrected chi connectivity index (χ1v) is 6.90. The SMILES string of the molecule is COc1ccc(OCCC(=O)NCC(O)C2CC2)cc1. The molecule has 1 saturated carbocycles. The van der Waals surface area contributed by atoms with Gasteiger partial charge in [-0.15, -0.1) is 0 Å². The summed E-state index contributed by atoms with van der Waals surface area (Å²) >= 11 is 0. The highest BCUT2D eigenvalue weighted by Gasteiger charge is 2.29. The Hall–Kier alpha value is -1.75. The van der Waals surface area contributed by atoms with Gasteiger partial charge in [0.1, 0.15) is 11.5 Å². The van der Waals surface area contributed by atoms with Gasteiger partial charge in [0.25, 0.3) is 0 Å². The van der Waals surface area contributed by atoms with Gasteiger partial charge in [0.05, 0.1) is 26.2 Å². The molecule has 1 aromatic carbocycles. The lowest BCUT2D eigenvalue weighted by Gasteiger charge is -2.11. The number of methoxy groups -OCH3 is 1. The van der Waals surface area contributed by atoms with Crippen LogP contribution >= 0.6 is 0 Å². The summed E-state index contributed by atoms with van der Waals surface area (Å²) in [7, 11) is 1.61. The largest absolute Gasteiger partial charge is 0.497 e. The summed E-state index contributed by atoms with van der Waals surface area (Å²) in [6, 6.07) is 7.21. The maximum Gasteiger partial charge on any atom is 0.223 e. The van der Waals surface area contributed by atoms with E-state index in [1.807, 2.05) is 0 Å². The number of ether oxygens (including phenoxy) is 2. The van der Waals surface area contributed by atoms with Crippen LogP contribution in [0.5, 0.6) is 11.5 Å². The lowest BCUT2D eigenvalue weighted by molar-refractivity contribution is -0.122. The van der Waals surface area contributed by atoms with Crippen molar-refractivity contribution in [1.82, 2.24) is 5.32 Å². The number of carbonyl (C=O) groups is 1. The average molecular weight is 279 g/mol. The third-order valence-electron chi connectivity index (χ3n) is 3.33. The third-order valence-corrected chi connectivity index (χ3v) is 3.33. The molecule has 1 aliphatic carbocycles. The van der Waals surface area contributed by atoms with Crippen LogP contribution in [0.1, 0.15) is 19.3 Å². The monoisotopic (exact) mass is 279 g/mol. The van der Waals surface area contributed by atoms with Crippen molar-refractivity contribution in [2.24, 2.45) is 5.92 Å². The number of amides is 1. The van der Waals surface area contributed by atoms with Gasteiger partial charge >= 0.3 is 0 Å². The van der Waals surface area contributed by atoms with Gasteiger partial charge < -0.3 is 19.9 Å². The summed E-state index contributed by atoms with van der Waals surface area (Å²) in [5.41, 5.74) is 0. The topological polar surface area (TPSA) is 67.8 Å². The number of hydrogen-bond donors (Lipinski definition) is 2. The van der Waals surface area contributed by atoms with Crippen LogP contribution in [0.4, 0.5) is 0 Å². The lowest BCUT2D eigenvalue weighted by atomic mass is 10.2. The van der Waals surface area contributed by atoms with E-state index in [1.54, 1.807) is 31.4 Å². The number of aliphatic hydroxyl groups is 1. The first-order chi connectivity index (χ1) is 9.69. The minimum absolute atomic E-state index is 0.0989. The van der Waals surface area contributed by atoms with E-state index in [1.165, 1.54) is 0 Å². The van der Waals surface area contributed by atoms with E-state index in [0.29, 0.717) is 24.8 Å². The molecule has 5 nitrogen and oxygen atoms in total. The summed E-state index contributed by atoms with van der Waals surface area (Å²) < 4.78 is 10.5. The number of benzene rings is 1. The van der Waals surface area contributed by atoms with Crippen LogP contribution < -0.4 is 14.8 Å². The second-order valence-corrected chi connectivity index (χ2v) is 4.98. The molecule has 1 atom stereocenters. The molecule has 110 valence electrons. The normalized spacial score (nSPS) is 15.5. The molecule has 0 radical (unpaired) electrons.